The molecule has 2 heterocycles. The number of halogens is 1. The number of aromatic nitrogens is 2. The Morgan fingerprint density at radius 2 is 1.84 bits per heavy atom. The van der Waals surface area contributed by atoms with E-state index < -0.39 is 0 Å². The van der Waals surface area contributed by atoms with Crippen LogP contribution < -0.4 is 4.74 Å². The van der Waals surface area contributed by atoms with E-state index in [0.29, 0.717) is 35.6 Å². The Kier molecular flexibility index (Phi) is 10.3. The Labute approximate surface area is 225 Å². The quantitative estimate of drug-likeness (QED) is 0.219. The van der Waals surface area contributed by atoms with Gasteiger partial charge in [-0.05, 0) is 74.9 Å². The molecule has 0 aliphatic carbocycles. The lowest BCUT2D eigenvalue weighted by molar-refractivity contribution is 0.0953. The van der Waals surface area contributed by atoms with Gasteiger partial charge in [-0.1, -0.05) is 55.8 Å². The monoisotopic (exact) mass is 520 g/mol. The highest BCUT2D eigenvalue weighted by atomic mass is 35.5. The van der Waals surface area contributed by atoms with Gasteiger partial charge in [0.25, 0.3) is 0 Å². The zero-order chi connectivity index (χ0) is 26.9. The molecule has 2 aromatic heterocycles. The molecule has 0 saturated heterocycles. The highest BCUT2D eigenvalue weighted by molar-refractivity contribution is 6.32. The summed E-state index contributed by atoms with van der Waals surface area (Å²) in [7, 11) is 0. The van der Waals surface area contributed by atoms with Crippen LogP contribution in [0.4, 0.5) is 0 Å². The van der Waals surface area contributed by atoms with Crippen molar-refractivity contribution in [3.63, 3.8) is 0 Å². The average molecular weight is 521 g/mol. The maximum atomic E-state index is 13.0. The van der Waals surface area contributed by atoms with Crippen LogP contribution in [0, 0.1) is 12.8 Å². The van der Waals surface area contributed by atoms with Crippen molar-refractivity contribution in [1.29, 1.82) is 0 Å². The lowest BCUT2D eigenvalue weighted by atomic mass is 9.89. The van der Waals surface area contributed by atoms with Gasteiger partial charge < -0.3 is 14.2 Å². The standard InChI is InChI=1S/C29H31ClN2O3.C2H6/c1-19(2)35-28-11-10-24(17-25(28)30)27(34)16-22(12-14-33)15-21-6-8-23(9-7-21)26-18-32-13-4-5-20(3)29(32)31-26;1-2/h4-11,13,17-19,22,33H,12,14-16H2,1-3H3;1-2H3/t22-;/m1./s1. The normalized spacial score (nSPS) is 11.8. The second-order valence-electron chi connectivity index (χ2n) is 9.27. The van der Waals surface area contributed by atoms with E-state index in [0.717, 1.165) is 28.0 Å². The second kappa shape index (κ2) is 13.4. The first-order chi connectivity index (χ1) is 17.8. The Bertz CT molecular complexity index is 1310. The molecule has 4 aromatic rings. The molecule has 1 atom stereocenters. The number of benzene rings is 2. The summed E-state index contributed by atoms with van der Waals surface area (Å²) in [5.41, 5.74) is 5.75. The van der Waals surface area contributed by atoms with Crippen LogP contribution in [-0.4, -0.2) is 33.0 Å². The molecular weight excluding hydrogens is 484 g/mol. The Hall–Kier alpha value is -3.15. The van der Waals surface area contributed by atoms with Gasteiger partial charge in [0, 0.05) is 36.5 Å². The molecule has 0 saturated carbocycles. The molecule has 5 nitrogen and oxygen atoms in total. The first kappa shape index (κ1) is 28.4. The van der Waals surface area contributed by atoms with Crippen LogP contribution in [0.1, 0.15) is 62.0 Å². The summed E-state index contributed by atoms with van der Waals surface area (Å²) in [4.78, 5) is 17.7. The van der Waals surface area contributed by atoms with E-state index in [1.54, 1.807) is 18.2 Å². The fraction of sp³-hybridized carbons (Fsp3) is 0.355. The predicted octanol–water partition coefficient (Wildman–Crippen LogP) is 7.59. The largest absolute Gasteiger partial charge is 0.489 e. The van der Waals surface area contributed by atoms with E-state index in [1.807, 2.05) is 50.6 Å². The summed E-state index contributed by atoms with van der Waals surface area (Å²) in [6.07, 6.45) is 5.65. The van der Waals surface area contributed by atoms with Crippen molar-refractivity contribution in [3.05, 3.63) is 88.7 Å². The Morgan fingerprint density at radius 1 is 1.11 bits per heavy atom. The summed E-state index contributed by atoms with van der Waals surface area (Å²) in [6, 6.07) is 17.5. The first-order valence-electron chi connectivity index (χ1n) is 13.0. The van der Waals surface area contributed by atoms with E-state index in [2.05, 4.69) is 37.3 Å². The number of rotatable bonds is 10. The minimum atomic E-state index is 0.00574. The number of nitrogens with zero attached hydrogens (tertiary/aromatic N) is 2. The zero-order valence-corrected chi connectivity index (χ0v) is 23.1. The lowest BCUT2D eigenvalue weighted by Gasteiger charge is -2.16. The number of aryl methyl sites for hydroxylation is 1. The molecule has 4 rings (SSSR count). The highest BCUT2D eigenvalue weighted by Crippen LogP contribution is 2.28. The molecule has 0 fully saturated rings. The summed E-state index contributed by atoms with van der Waals surface area (Å²) < 4.78 is 7.70. The van der Waals surface area contributed by atoms with Crippen LogP contribution in [0.5, 0.6) is 5.75 Å². The number of ether oxygens (including phenoxy) is 1. The maximum Gasteiger partial charge on any atom is 0.163 e. The molecule has 0 aliphatic heterocycles. The van der Waals surface area contributed by atoms with E-state index in [-0.39, 0.29) is 24.4 Å². The third-order valence-electron chi connectivity index (χ3n) is 6.08. The van der Waals surface area contributed by atoms with E-state index in [9.17, 15) is 9.90 Å². The number of fused-ring (bicyclic) bond motifs is 1. The number of hydrogen-bond acceptors (Lipinski definition) is 4. The fourth-order valence-electron chi connectivity index (χ4n) is 4.30. The van der Waals surface area contributed by atoms with Gasteiger partial charge in [-0.2, -0.15) is 0 Å². The molecule has 0 unspecified atom stereocenters. The summed E-state index contributed by atoms with van der Waals surface area (Å²) >= 11 is 6.32. The van der Waals surface area contributed by atoms with Crippen LogP contribution in [0.2, 0.25) is 5.02 Å². The maximum absolute atomic E-state index is 13.0. The number of aliphatic hydroxyl groups is 1. The van der Waals surface area contributed by atoms with E-state index in [4.69, 9.17) is 21.3 Å². The van der Waals surface area contributed by atoms with Crippen LogP contribution in [0.15, 0.2) is 67.0 Å². The van der Waals surface area contributed by atoms with Gasteiger partial charge in [0.05, 0.1) is 16.8 Å². The number of carbonyl (C=O) groups excluding carboxylic acids is 1. The van der Waals surface area contributed by atoms with Gasteiger partial charge in [-0.3, -0.25) is 4.79 Å². The molecule has 196 valence electrons. The number of ketones is 1. The summed E-state index contributed by atoms with van der Waals surface area (Å²) in [6.45, 7) is 9.96. The molecule has 37 heavy (non-hydrogen) atoms. The topological polar surface area (TPSA) is 63.8 Å². The van der Waals surface area contributed by atoms with Crippen LogP contribution >= 0.6 is 11.6 Å². The molecule has 1 N–H and O–H groups in total. The molecule has 0 bridgehead atoms. The molecule has 0 amide bonds. The molecule has 0 radical (unpaired) electrons. The first-order valence-corrected chi connectivity index (χ1v) is 13.4. The summed E-state index contributed by atoms with van der Waals surface area (Å²) in [5.74, 6) is 0.616. The number of aliphatic hydroxyl groups excluding tert-OH is 1. The number of hydrogen-bond donors (Lipinski definition) is 1. The Morgan fingerprint density at radius 3 is 2.46 bits per heavy atom. The Balaban J connectivity index is 0.00000186. The zero-order valence-electron chi connectivity index (χ0n) is 22.4. The summed E-state index contributed by atoms with van der Waals surface area (Å²) in [5, 5.41) is 10.0. The third kappa shape index (κ3) is 7.43. The van der Waals surface area contributed by atoms with E-state index >= 15 is 0 Å². The number of carbonyl (C=O) groups is 1. The van der Waals surface area contributed by atoms with Gasteiger partial charge in [0.1, 0.15) is 11.4 Å². The van der Waals surface area contributed by atoms with Gasteiger partial charge in [-0.15, -0.1) is 0 Å². The molecule has 2 aromatic carbocycles. The minimum absolute atomic E-state index is 0.00574. The minimum Gasteiger partial charge on any atom is -0.489 e. The SMILES string of the molecule is CC.Cc1cccn2cc(-c3ccc(C[C@@H](CCO)CC(=O)c4ccc(OC(C)C)c(Cl)c4)cc3)nc12. The van der Waals surface area contributed by atoms with Crippen molar-refractivity contribution < 1.29 is 14.6 Å². The van der Waals surface area contributed by atoms with Crippen LogP contribution in [0.3, 0.4) is 0 Å². The van der Waals surface area contributed by atoms with Crippen molar-refractivity contribution in [3.8, 4) is 17.0 Å². The van der Waals surface area contributed by atoms with Crippen molar-refractivity contribution in [1.82, 2.24) is 9.38 Å². The molecule has 0 aliphatic rings. The third-order valence-corrected chi connectivity index (χ3v) is 6.38. The molecule has 0 spiro atoms. The smallest absolute Gasteiger partial charge is 0.163 e. The van der Waals surface area contributed by atoms with Crippen LogP contribution in [0.25, 0.3) is 16.9 Å². The van der Waals surface area contributed by atoms with Crippen molar-refractivity contribution in [2.75, 3.05) is 6.61 Å². The van der Waals surface area contributed by atoms with Gasteiger partial charge in [0.2, 0.25) is 0 Å². The number of imidazole rings is 1. The highest BCUT2D eigenvalue weighted by Gasteiger charge is 2.18. The van der Waals surface area contributed by atoms with Gasteiger partial charge in [-0.25, -0.2) is 4.98 Å². The number of Topliss-reactive ketones (excluding diaryl/α,β-unsaturated/α-hetero) is 1. The lowest BCUT2D eigenvalue weighted by Crippen LogP contribution is -2.13. The van der Waals surface area contributed by atoms with E-state index in [1.165, 1.54) is 0 Å². The van der Waals surface area contributed by atoms with Crippen molar-refractivity contribution in [2.24, 2.45) is 5.92 Å². The predicted molar refractivity (Wildman–Crippen MR) is 152 cm³/mol. The second-order valence-corrected chi connectivity index (χ2v) is 9.67. The average Bonchev–Trinajstić information content (AvgIpc) is 3.33. The van der Waals surface area contributed by atoms with Gasteiger partial charge in [0.15, 0.2) is 5.78 Å². The molecule has 6 heteroatoms. The van der Waals surface area contributed by atoms with Crippen molar-refractivity contribution in [2.45, 2.75) is 60.0 Å². The van der Waals surface area contributed by atoms with Crippen LogP contribution in [-0.2, 0) is 6.42 Å². The van der Waals surface area contributed by atoms with Gasteiger partial charge >= 0.3 is 0 Å². The fourth-order valence-corrected chi connectivity index (χ4v) is 4.53. The van der Waals surface area contributed by atoms with Crippen molar-refractivity contribution >= 4 is 23.0 Å². The molecular formula is C31H37ClN2O3. The number of pyridine rings is 1.